The van der Waals surface area contributed by atoms with Crippen LogP contribution >= 0.6 is 15.9 Å². The lowest BCUT2D eigenvalue weighted by atomic mass is 10.2. The van der Waals surface area contributed by atoms with Gasteiger partial charge in [-0.3, -0.25) is 0 Å². The van der Waals surface area contributed by atoms with Crippen LogP contribution in [0.3, 0.4) is 0 Å². The van der Waals surface area contributed by atoms with E-state index in [-0.39, 0.29) is 5.97 Å². The van der Waals surface area contributed by atoms with Gasteiger partial charge in [0.1, 0.15) is 12.0 Å². The maximum atomic E-state index is 11.9. The highest BCUT2D eigenvalue weighted by Gasteiger charge is 2.11. The largest absolute Gasteiger partial charge is 0.462 e. The number of benzene rings is 2. The van der Waals surface area contributed by atoms with E-state index >= 15 is 0 Å². The lowest BCUT2D eigenvalue weighted by Crippen LogP contribution is -2.07. The molecule has 0 bridgehead atoms. The normalized spacial score (nSPS) is 10.3. The zero-order chi connectivity index (χ0) is 19.2. The maximum absolute atomic E-state index is 11.9. The van der Waals surface area contributed by atoms with Gasteiger partial charge in [0.25, 0.3) is 0 Å². The van der Waals surface area contributed by atoms with Gasteiger partial charge in [0.15, 0.2) is 11.6 Å². The van der Waals surface area contributed by atoms with E-state index in [1.807, 2.05) is 30.3 Å². The Morgan fingerprint density at radius 3 is 2.59 bits per heavy atom. The van der Waals surface area contributed by atoms with E-state index in [9.17, 15) is 4.79 Å². The second kappa shape index (κ2) is 8.50. The topological polar surface area (TPSA) is 102 Å². The summed E-state index contributed by atoms with van der Waals surface area (Å²) in [7, 11) is 0. The summed E-state index contributed by atoms with van der Waals surface area (Å²) in [4.78, 5) is 20.3. The maximum Gasteiger partial charge on any atom is 0.338 e. The van der Waals surface area contributed by atoms with Crippen LogP contribution < -0.4 is 16.4 Å². The number of nitrogens with two attached hydrogens (primary N) is 1. The number of anilines is 5. The molecule has 1 heterocycles. The molecule has 7 nitrogen and oxygen atoms in total. The van der Waals surface area contributed by atoms with Crippen molar-refractivity contribution in [3.8, 4) is 0 Å². The Morgan fingerprint density at radius 1 is 1.11 bits per heavy atom. The monoisotopic (exact) mass is 427 g/mol. The molecule has 138 valence electrons. The Hall–Kier alpha value is -3.13. The van der Waals surface area contributed by atoms with Crippen LogP contribution in [0.5, 0.6) is 0 Å². The minimum absolute atomic E-state index is 0.319. The number of carbonyl (C=O) groups excluding carboxylic acids is 1. The van der Waals surface area contributed by atoms with Gasteiger partial charge in [0.2, 0.25) is 0 Å². The van der Waals surface area contributed by atoms with Crippen molar-refractivity contribution in [2.24, 2.45) is 0 Å². The van der Waals surface area contributed by atoms with Gasteiger partial charge in [-0.15, -0.1) is 0 Å². The Bertz CT molecular complexity index is 964. The molecule has 0 fully saturated rings. The zero-order valence-electron chi connectivity index (χ0n) is 14.6. The van der Waals surface area contributed by atoms with Crippen LogP contribution in [0.25, 0.3) is 0 Å². The number of esters is 1. The number of ether oxygens (including phenoxy) is 1. The van der Waals surface area contributed by atoms with Gasteiger partial charge in [-0.05, 0) is 53.2 Å². The summed E-state index contributed by atoms with van der Waals surface area (Å²) in [6.07, 6.45) is 1.41. The summed E-state index contributed by atoms with van der Waals surface area (Å²) in [5.41, 5.74) is 8.52. The van der Waals surface area contributed by atoms with Crippen LogP contribution in [0.1, 0.15) is 17.3 Å². The van der Waals surface area contributed by atoms with Gasteiger partial charge in [0, 0.05) is 10.2 Å². The van der Waals surface area contributed by atoms with Crippen molar-refractivity contribution in [1.29, 1.82) is 0 Å². The summed E-state index contributed by atoms with van der Waals surface area (Å²) in [5, 5.41) is 6.29. The Balaban J connectivity index is 1.83. The van der Waals surface area contributed by atoms with Crippen LogP contribution in [0, 0.1) is 0 Å². The molecule has 27 heavy (non-hydrogen) atoms. The molecule has 0 radical (unpaired) electrons. The molecule has 4 N–H and O–H groups in total. The highest BCUT2D eigenvalue weighted by molar-refractivity contribution is 9.10. The van der Waals surface area contributed by atoms with E-state index < -0.39 is 0 Å². The first-order valence-electron chi connectivity index (χ1n) is 8.24. The van der Waals surface area contributed by atoms with Gasteiger partial charge in [-0.1, -0.05) is 18.2 Å². The summed E-state index contributed by atoms with van der Waals surface area (Å²) < 4.78 is 5.91. The summed E-state index contributed by atoms with van der Waals surface area (Å²) >= 11 is 3.48. The smallest absolute Gasteiger partial charge is 0.338 e. The number of carbonyl (C=O) groups is 1. The third-order valence-corrected chi connectivity index (χ3v) is 4.34. The minimum Gasteiger partial charge on any atom is -0.462 e. The number of rotatable bonds is 6. The number of halogens is 1. The molecule has 0 saturated heterocycles. The Kier molecular flexibility index (Phi) is 5.87. The standard InChI is InChI=1S/C19H18BrN5O2/c1-2-27-19(26)12-6-5-7-13(10-12)24-17-16(21)18(23-11-22-17)25-15-9-4-3-8-14(15)20/h3-11H,2,21H2,1H3,(H2,22,23,24,25). The highest BCUT2D eigenvalue weighted by atomic mass is 79.9. The van der Waals surface area contributed by atoms with Gasteiger partial charge in [-0.2, -0.15) is 0 Å². The molecule has 0 aliphatic carbocycles. The molecule has 0 unspecified atom stereocenters. The molecule has 0 saturated carbocycles. The quantitative estimate of drug-likeness (QED) is 0.498. The van der Waals surface area contributed by atoms with Crippen LogP contribution in [-0.4, -0.2) is 22.5 Å². The van der Waals surface area contributed by atoms with Crippen LogP contribution in [0.15, 0.2) is 59.3 Å². The summed E-state index contributed by atoms with van der Waals surface area (Å²) in [6, 6.07) is 14.6. The summed E-state index contributed by atoms with van der Waals surface area (Å²) in [5.74, 6) is 0.523. The molecule has 8 heteroatoms. The van der Waals surface area contributed by atoms with Crippen molar-refractivity contribution in [1.82, 2.24) is 9.97 Å². The third kappa shape index (κ3) is 4.53. The Labute approximate surface area is 165 Å². The fourth-order valence-electron chi connectivity index (χ4n) is 2.36. The molecule has 1 aromatic heterocycles. The highest BCUT2D eigenvalue weighted by Crippen LogP contribution is 2.31. The predicted octanol–water partition coefficient (Wildman–Crippen LogP) is 4.49. The minimum atomic E-state index is -0.381. The van der Waals surface area contributed by atoms with Crippen molar-refractivity contribution >= 4 is 50.6 Å². The molecular formula is C19H18BrN5O2. The first kappa shape index (κ1) is 18.7. The number of nitrogen functional groups attached to an aromatic ring is 1. The van der Waals surface area contributed by atoms with Crippen molar-refractivity contribution in [3.63, 3.8) is 0 Å². The van der Waals surface area contributed by atoms with E-state index in [1.54, 1.807) is 25.1 Å². The average molecular weight is 428 g/mol. The van der Waals surface area contributed by atoms with Gasteiger partial charge >= 0.3 is 5.97 Å². The number of aromatic nitrogens is 2. The molecule has 3 aromatic rings. The molecule has 0 aliphatic rings. The fraction of sp³-hybridized carbons (Fsp3) is 0.105. The zero-order valence-corrected chi connectivity index (χ0v) is 16.2. The Morgan fingerprint density at radius 2 is 1.85 bits per heavy atom. The number of hydrogen-bond donors (Lipinski definition) is 3. The molecule has 0 aliphatic heterocycles. The van der Waals surface area contributed by atoms with Crippen molar-refractivity contribution < 1.29 is 9.53 Å². The number of nitrogens with zero attached hydrogens (tertiary/aromatic N) is 2. The van der Waals surface area contributed by atoms with Crippen molar-refractivity contribution in [2.45, 2.75) is 6.92 Å². The molecule has 0 spiro atoms. The van der Waals surface area contributed by atoms with Crippen LogP contribution in [0.4, 0.5) is 28.7 Å². The number of hydrogen-bond acceptors (Lipinski definition) is 7. The van der Waals surface area contributed by atoms with Gasteiger partial charge < -0.3 is 21.1 Å². The molecule has 3 rings (SSSR count). The van der Waals surface area contributed by atoms with E-state index in [2.05, 4.69) is 36.5 Å². The number of para-hydroxylation sites is 1. The fourth-order valence-corrected chi connectivity index (χ4v) is 2.74. The third-order valence-electron chi connectivity index (χ3n) is 3.65. The first-order chi connectivity index (χ1) is 13.1. The van der Waals surface area contributed by atoms with Crippen LogP contribution in [0.2, 0.25) is 0 Å². The molecule has 0 atom stereocenters. The van der Waals surface area contributed by atoms with E-state index in [0.717, 1.165) is 10.2 Å². The number of nitrogens with one attached hydrogen (secondary N) is 2. The molecule has 0 amide bonds. The van der Waals surface area contributed by atoms with Crippen molar-refractivity contribution in [3.05, 3.63) is 64.9 Å². The van der Waals surface area contributed by atoms with Crippen LogP contribution in [-0.2, 0) is 4.74 Å². The second-order valence-electron chi connectivity index (χ2n) is 5.52. The SMILES string of the molecule is CCOC(=O)c1cccc(Nc2ncnc(Nc3ccccc3Br)c2N)c1. The van der Waals surface area contributed by atoms with Gasteiger partial charge in [0.05, 0.1) is 17.9 Å². The first-order valence-corrected chi connectivity index (χ1v) is 9.04. The molecule has 2 aromatic carbocycles. The van der Waals surface area contributed by atoms with E-state index in [4.69, 9.17) is 10.5 Å². The lowest BCUT2D eigenvalue weighted by molar-refractivity contribution is 0.0526. The average Bonchev–Trinajstić information content (AvgIpc) is 2.67. The van der Waals surface area contributed by atoms with E-state index in [0.29, 0.717) is 35.2 Å². The predicted molar refractivity (Wildman–Crippen MR) is 110 cm³/mol. The van der Waals surface area contributed by atoms with Gasteiger partial charge in [-0.25, -0.2) is 14.8 Å². The lowest BCUT2D eigenvalue weighted by Gasteiger charge is -2.13. The second-order valence-corrected chi connectivity index (χ2v) is 6.37. The molecular weight excluding hydrogens is 410 g/mol. The van der Waals surface area contributed by atoms with Crippen molar-refractivity contribution in [2.75, 3.05) is 23.0 Å². The van der Waals surface area contributed by atoms with E-state index in [1.165, 1.54) is 6.33 Å². The summed E-state index contributed by atoms with van der Waals surface area (Å²) in [6.45, 7) is 2.08.